The van der Waals surface area contributed by atoms with Crippen LogP contribution >= 0.6 is 0 Å². The maximum atomic E-state index is 12.6. The average Bonchev–Trinajstić information content (AvgIpc) is 2.91. The molecule has 5 nitrogen and oxygen atoms in total. The first-order valence-electron chi connectivity index (χ1n) is 8.12. The fourth-order valence-electron chi connectivity index (χ4n) is 3.86. The Hall–Kier alpha value is -1.36. The van der Waals surface area contributed by atoms with Crippen LogP contribution in [-0.4, -0.2) is 39.7 Å². The van der Waals surface area contributed by atoms with Crippen molar-refractivity contribution in [3.8, 4) is 0 Å². The van der Waals surface area contributed by atoms with E-state index in [4.69, 9.17) is 0 Å². The number of carbonyl (C=O) groups excluding carboxylic acids is 1. The molecule has 1 aromatic rings. The number of hydrogen-bond acceptors (Lipinski definition) is 3. The van der Waals surface area contributed by atoms with Gasteiger partial charge in [-0.1, -0.05) is 12.8 Å². The molecule has 0 spiro atoms. The minimum Gasteiger partial charge on any atom is -0.340 e. The van der Waals surface area contributed by atoms with Crippen LogP contribution < -0.4 is 5.32 Å². The van der Waals surface area contributed by atoms with Gasteiger partial charge in [0.25, 0.3) is 0 Å². The minimum atomic E-state index is 0.00558. The Morgan fingerprint density at radius 3 is 2.95 bits per heavy atom. The van der Waals surface area contributed by atoms with Crippen LogP contribution in [0.2, 0.25) is 0 Å². The van der Waals surface area contributed by atoms with Crippen molar-refractivity contribution in [1.29, 1.82) is 0 Å². The summed E-state index contributed by atoms with van der Waals surface area (Å²) in [5.74, 6) is 1.02. The monoisotopic (exact) mass is 290 g/mol. The number of nitrogens with one attached hydrogen (secondary N) is 1. The highest BCUT2D eigenvalue weighted by atomic mass is 16.2. The number of piperidine rings is 1. The summed E-state index contributed by atoms with van der Waals surface area (Å²) in [6.45, 7) is 0.638. The Morgan fingerprint density at radius 1 is 1.38 bits per heavy atom. The molecular formula is C16H26N4O. The van der Waals surface area contributed by atoms with Gasteiger partial charge in [-0.25, -0.2) is 0 Å². The third-order valence-electron chi connectivity index (χ3n) is 5.00. The second-order valence-corrected chi connectivity index (χ2v) is 6.66. The van der Waals surface area contributed by atoms with Crippen molar-refractivity contribution in [2.45, 2.75) is 57.2 Å². The summed E-state index contributed by atoms with van der Waals surface area (Å²) in [4.78, 5) is 14.5. The van der Waals surface area contributed by atoms with Gasteiger partial charge in [-0.2, -0.15) is 5.10 Å². The first-order chi connectivity index (χ1) is 10.1. The Kier molecular flexibility index (Phi) is 4.29. The van der Waals surface area contributed by atoms with Crippen molar-refractivity contribution in [1.82, 2.24) is 20.0 Å². The fourth-order valence-corrected chi connectivity index (χ4v) is 3.86. The van der Waals surface area contributed by atoms with Crippen molar-refractivity contribution < 1.29 is 4.79 Å². The topological polar surface area (TPSA) is 50.2 Å². The lowest BCUT2D eigenvalue weighted by atomic mass is 9.77. The van der Waals surface area contributed by atoms with Crippen molar-refractivity contribution >= 4 is 5.91 Å². The molecule has 1 aliphatic carbocycles. The van der Waals surface area contributed by atoms with Crippen molar-refractivity contribution in [3.63, 3.8) is 0 Å². The number of aromatic nitrogens is 2. The van der Waals surface area contributed by atoms with Crippen molar-refractivity contribution in [2.24, 2.45) is 13.0 Å². The summed E-state index contributed by atoms with van der Waals surface area (Å²) in [6, 6.07) is 0.569. The predicted molar refractivity (Wildman–Crippen MR) is 81.6 cm³/mol. The van der Waals surface area contributed by atoms with Crippen LogP contribution in [0.3, 0.4) is 0 Å². The number of likely N-dealkylation sites (N-methyl/N-ethyl adjacent to an activating group) is 1. The molecule has 2 fully saturated rings. The van der Waals surface area contributed by atoms with Gasteiger partial charge in [0.2, 0.25) is 5.91 Å². The molecule has 21 heavy (non-hydrogen) atoms. The molecule has 5 heteroatoms. The third-order valence-corrected chi connectivity index (χ3v) is 5.00. The van der Waals surface area contributed by atoms with Crippen LogP contribution in [0.4, 0.5) is 0 Å². The molecule has 0 bridgehead atoms. The zero-order valence-electron chi connectivity index (χ0n) is 13.1. The molecule has 1 saturated heterocycles. The lowest BCUT2D eigenvalue weighted by Crippen LogP contribution is -2.55. The summed E-state index contributed by atoms with van der Waals surface area (Å²) in [7, 11) is 3.79. The van der Waals surface area contributed by atoms with Gasteiger partial charge in [0, 0.05) is 38.4 Å². The van der Waals surface area contributed by atoms with E-state index in [2.05, 4.69) is 10.4 Å². The van der Waals surface area contributed by atoms with Crippen LogP contribution in [0.1, 0.15) is 44.1 Å². The van der Waals surface area contributed by atoms with Gasteiger partial charge in [-0.05, 0) is 31.6 Å². The highest BCUT2D eigenvalue weighted by Gasteiger charge is 2.35. The normalized spacial score (nSPS) is 29.0. The third kappa shape index (κ3) is 3.28. The smallest absolute Gasteiger partial charge is 0.239 e. The summed E-state index contributed by atoms with van der Waals surface area (Å²) in [5.41, 5.74) is 1.08. The van der Waals surface area contributed by atoms with Gasteiger partial charge < -0.3 is 10.2 Å². The Bertz CT molecular complexity index is 498. The van der Waals surface area contributed by atoms with E-state index >= 15 is 0 Å². The Morgan fingerprint density at radius 2 is 2.19 bits per heavy atom. The molecule has 116 valence electrons. The number of carbonyl (C=O) groups is 1. The molecule has 1 aliphatic heterocycles. The average molecular weight is 290 g/mol. The first-order valence-corrected chi connectivity index (χ1v) is 8.12. The van der Waals surface area contributed by atoms with Gasteiger partial charge in [0.1, 0.15) is 0 Å². The maximum absolute atomic E-state index is 12.6. The second-order valence-electron chi connectivity index (χ2n) is 6.66. The lowest BCUT2D eigenvalue weighted by Gasteiger charge is -2.40. The van der Waals surface area contributed by atoms with Crippen LogP contribution in [-0.2, 0) is 18.4 Å². The number of amides is 1. The van der Waals surface area contributed by atoms with Gasteiger partial charge in [-0.3, -0.25) is 9.48 Å². The molecule has 3 unspecified atom stereocenters. The van der Waals surface area contributed by atoms with Crippen LogP contribution in [0, 0.1) is 5.92 Å². The van der Waals surface area contributed by atoms with E-state index in [-0.39, 0.29) is 11.9 Å². The number of rotatable bonds is 3. The second kappa shape index (κ2) is 6.18. The van der Waals surface area contributed by atoms with Crippen molar-refractivity contribution in [3.05, 3.63) is 18.0 Å². The molecule has 0 radical (unpaired) electrons. The zero-order chi connectivity index (χ0) is 14.8. The molecular weight excluding hydrogens is 264 g/mol. The minimum absolute atomic E-state index is 0.00558. The van der Waals surface area contributed by atoms with E-state index in [9.17, 15) is 4.79 Å². The molecule has 3 atom stereocenters. The highest BCUT2D eigenvalue weighted by molar-refractivity contribution is 5.81. The van der Waals surface area contributed by atoms with Crippen molar-refractivity contribution in [2.75, 3.05) is 7.05 Å². The molecule has 2 heterocycles. The molecule has 2 aliphatic rings. The van der Waals surface area contributed by atoms with E-state index in [1.165, 1.54) is 32.1 Å². The van der Waals surface area contributed by atoms with E-state index in [0.29, 0.717) is 12.6 Å². The van der Waals surface area contributed by atoms with Gasteiger partial charge in [0.15, 0.2) is 0 Å². The standard InChI is InChI=1S/C16H26N4O/c1-19(10-12-9-17-20(2)11-12)16(21)15-8-7-13-5-3-4-6-14(13)18-15/h9,11,13-15,18H,3-8,10H2,1-2H3. The van der Waals surface area contributed by atoms with Crippen LogP contribution in [0.15, 0.2) is 12.4 Å². The summed E-state index contributed by atoms with van der Waals surface area (Å²) >= 11 is 0. The van der Waals surface area contributed by atoms with Gasteiger partial charge in [0.05, 0.1) is 12.2 Å². The first kappa shape index (κ1) is 14.6. The number of aryl methyl sites for hydroxylation is 1. The Balaban J connectivity index is 1.57. The highest BCUT2D eigenvalue weighted by Crippen LogP contribution is 2.32. The van der Waals surface area contributed by atoms with E-state index in [1.54, 1.807) is 4.68 Å². The summed E-state index contributed by atoms with van der Waals surface area (Å²) in [5, 5.41) is 7.77. The summed E-state index contributed by atoms with van der Waals surface area (Å²) in [6.07, 6.45) is 11.2. The van der Waals surface area contributed by atoms with E-state index in [0.717, 1.165) is 17.9 Å². The predicted octanol–water partition coefficient (Wildman–Crippen LogP) is 1.69. The Labute approximate surface area is 126 Å². The molecule has 1 aromatic heterocycles. The number of nitrogens with zero attached hydrogens (tertiary/aromatic N) is 3. The van der Waals surface area contributed by atoms with Crippen LogP contribution in [0.5, 0.6) is 0 Å². The summed E-state index contributed by atoms with van der Waals surface area (Å²) < 4.78 is 1.78. The molecule has 1 N–H and O–H groups in total. The lowest BCUT2D eigenvalue weighted by molar-refractivity contribution is -0.134. The molecule has 0 aromatic carbocycles. The SMILES string of the molecule is CN(Cc1cnn(C)c1)C(=O)C1CCC2CCCCC2N1. The maximum Gasteiger partial charge on any atom is 0.239 e. The molecule has 1 amide bonds. The van der Waals surface area contributed by atoms with Crippen LogP contribution in [0.25, 0.3) is 0 Å². The van der Waals surface area contributed by atoms with E-state index in [1.807, 2.05) is 31.4 Å². The quantitative estimate of drug-likeness (QED) is 0.921. The number of hydrogen-bond donors (Lipinski definition) is 1. The zero-order valence-corrected chi connectivity index (χ0v) is 13.1. The molecule has 3 rings (SSSR count). The largest absolute Gasteiger partial charge is 0.340 e. The molecule has 1 saturated carbocycles. The fraction of sp³-hybridized carbons (Fsp3) is 0.750. The van der Waals surface area contributed by atoms with E-state index < -0.39 is 0 Å². The van der Waals surface area contributed by atoms with Gasteiger partial charge in [-0.15, -0.1) is 0 Å². The number of fused-ring (bicyclic) bond motifs is 1. The van der Waals surface area contributed by atoms with Gasteiger partial charge >= 0.3 is 0 Å².